The van der Waals surface area contributed by atoms with Gasteiger partial charge >= 0.3 is 0 Å². The second-order valence-corrected chi connectivity index (χ2v) is 3.94. The van der Waals surface area contributed by atoms with Gasteiger partial charge in [0.15, 0.2) is 0 Å². The van der Waals surface area contributed by atoms with Crippen LogP contribution in [0.25, 0.3) is 0 Å². The topological polar surface area (TPSA) is 0 Å². The number of alkyl halides is 2. The lowest BCUT2D eigenvalue weighted by molar-refractivity contribution is 0.517. The van der Waals surface area contributed by atoms with Gasteiger partial charge in [-0.15, -0.1) is 23.2 Å². The lowest BCUT2D eigenvalue weighted by Gasteiger charge is -2.28. The first-order valence-electron chi connectivity index (χ1n) is 4.56. The van der Waals surface area contributed by atoms with E-state index in [2.05, 4.69) is 0 Å². The summed E-state index contributed by atoms with van der Waals surface area (Å²) in [7, 11) is 0. The highest BCUT2D eigenvalue weighted by Crippen LogP contribution is 2.30. The smallest absolute Gasteiger partial charge is 0.123 e. The van der Waals surface area contributed by atoms with E-state index in [-0.39, 0.29) is 11.2 Å². The highest BCUT2D eigenvalue weighted by atomic mass is 35.5. The Kier molecular flexibility index (Phi) is 4.21. The molecule has 0 saturated carbocycles. The summed E-state index contributed by atoms with van der Waals surface area (Å²) in [6.07, 6.45) is 0.853. The zero-order valence-electron chi connectivity index (χ0n) is 8.06. The van der Waals surface area contributed by atoms with Crippen molar-refractivity contribution in [1.82, 2.24) is 0 Å². The average Bonchev–Trinajstić information content (AvgIpc) is 2.24. The van der Waals surface area contributed by atoms with Crippen molar-refractivity contribution in [2.24, 2.45) is 0 Å². The summed E-state index contributed by atoms with van der Waals surface area (Å²) in [6, 6.07) is 6.39. The van der Waals surface area contributed by atoms with Gasteiger partial charge in [-0.3, -0.25) is 0 Å². The van der Waals surface area contributed by atoms with Gasteiger partial charge in [0.05, 0.1) is 0 Å². The van der Waals surface area contributed by atoms with Crippen LogP contribution < -0.4 is 0 Å². The van der Waals surface area contributed by atoms with Crippen LogP contribution in [0, 0.1) is 5.82 Å². The summed E-state index contributed by atoms with van der Waals surface area (Å²) in [5.74, 6) is 0.681. The Labute approximate surface area is 94.0 Å². The molecule has 0 bridgehead atoms. The highest BCUT2D eigenvalue weighted by Gasteiger charge is 2.28. The van der Waals surface area contributed by atoms with Crippen LogP contribution in [-0.4, -0.2) is 11.8 Å². The molecule has 0 fully saturated rings. The van der Waals surface area contributed by atoms with Crippen molar-refractivity contribution in [2.75, 3.05) is 11.8 Å². The first-order chi connectivity index (χ1) is 6.68. The third kappa shape index (κ3) is 2.21. The van der Waals surface area contributed by atoms with Crippen LogP contribution in [0.2, 0.25) is 0 Å². The van der Waals surface area contributed by atoms with Gasteiger partial charge in [0.1, 0.15) is 5.82 Å². The minimum Gasteiger partial charge on any atom is -0.207 e. The van der Waals surface area contributed by atoms with Crippen LogP contribution in [0.5, 0.6) is 0 Å². The molecule has 0 N–H and O–H groups in total. The van der Waals surface area contributed by atoms with Gasteiger partial charge in [-0.05, 0) is 24.1 Å². The molecule has 0 amide bonds. The fraction of sp³-hybridized carbons (Fsp3) is 0.455. The van der Waals surface area contributed by atoms with Gasteiger partial charge in [0.25, 0.3) is 0 Å². The quantitative estimate of drug-likeness (QED) is 0.693. The second-order valence-electron chi connectivity index (χ2n) is 3.41. The fourth-order valence-corrected chi connectivity index (χ4v) is 2.36. The van der Waals surface area contributed by atoms with Gasteiger partial charge in [0, 0.05) is 17.2 Å². The summed E-state index contributed by atoms with van der Waals surface area (Å²) >= 11 is 11.8. The Morgan fingerprint density at radius 1 is 1.14 bits per heavy atom. The van der Waals surface area contributed by atoms with Gasteiger partial charge in [0.2, 0.25) is 0 Å². The van der Waals surface area contributed by atoms with Gasteiger partial charge < -0.3 is 0 Å². The molecule has 0 aliphatic heterocycles. The Hall–Kier alpha value is -0.270. The van der Waals surface area contributed by atoms with Crippen LogP contribution in [-0.2, 0) is 5.41 Å². The van der Waals surface area contributed by atoms with Crippen LogP contribution >= 0.6 is 23.2 Å². The molecular weight excluding hydrogens is 222 g/mol. The zero-order chi connectivity index (χ0) is 10.6. The monoisotopic (exact) mass is 234 g/mol. The Morgan fingerprint density at radius 3 is 2.00 bits per heavy atom. The van der Waals surface area contributed by atoms with Gasteiger partial charge in [-0.1, -0.05) is 19.1 Å². The van der Waals surface area contributed by atoms with E-state index >= 15 is 0 Å². The molecule has 0 aliphatic carbocycles. The second kappa shape index (κ2) is 4.99. The molecule has 0 aromatic heterocycles. The Balaban J connectivity index is 3.05. The van der Waals surface area contributed by atoms with Crippen molar-refractivity contribution in [3.8, 4) is 0 Å². The average molecular weight is 235 g/mol. The largest absolute Gasteiger partial charge is 0.207 e. The van der Waals surface area contributed by atoms with E-state index < -0.39 is 0 Å². The van der Waals surface area contributed by atoms with Crippen LogP contribution in [0.3, 0.4) is 0 Å². The maximum atomic E-state index is 12.7. The first-order valence-corrected chi connectivity index (χ1v) is 5.63. The molecule has 1 aromatic rings. The van der Waals surface area contributed by atoms with E-state index in [0.717, 1.165) is 12.0 Å². The summed E-state index contributed by atoms with van der Waals surface area (Å²) in [5, 5.41) is 0. The summed E-state index contributed by atoms with van der Waals surface area (Å²) in [5.41, 5.74) is 0.781. The van der Waals surface area contributed by atoms with E-state index in [1.54, 1.807) is 12.1 Å². The molecule has 0 nitrogen and oxygen atoms in total. The highest BCUT2D eigenvalue weighted by molar-refractivity contribution is 6.22. The third-order valence-corrected chi connectivity index (χ3v) is 3.67. The fourth-order valence-electron chi connectivity index (χ4n) is 1.39. The molecule has 3 heteroatoms. The Bertz CT molecular complexity index is 270. The van der Waals surface area contributed by atoms with Gasteiger partial charge in [-0.2, -0.15) is 0 Å². The molecule has 0 atom stereocenters. The molecule has 78 valence electrons. The number of benzene rings is 1. The van der Waals surface area contributed by atoms with Crippen molar-refractivity contribution < 1.29 is 4.39 Å². The summed E-state index contributed by atoms with van der Waals surface area (Å²) in [4.78, 5) is 0. The van der Waals surface area contributed by atoms with Crippen molar-refractivity contribution in [3.05, 3.63) is 35.6 Å². The molecule has 1 aromatic carbocycles. The van der Waals surface area contributed by atoms with Gasteiger partial charge in [-0.25, -0.2) is 4.39 Å². The SMILES string of the molecule is CCC(CCl)(CCl)c1ccc(F)cc1. The molecule has 0 spiro atoms. The molecule has 0 radical (unpaired) electrons. The molecule has 1 rings (SSSR count). The molecule has 14 heavy (non-hydrogen) atoms. The Morgan fingerprint density at radius 2 is 1.64 bits per heavy atom. The van der Waals surface area contributed by atoms with Crippen molar-refractivity contribution >= 4 is 23.2 Å². The lowest BCUT2D eigenvalue weighted by atomic mass is 9.82. The zero-order valence-corrected chi connectivity index (χ0v) is 9.58. The normalized spacial score (nSPS) is 11.7. The summed E-state index contributed by atoms with van der Waals surface area (Å²) < 4.78 is 12.7. The predicted molar refractivity (Wildman–Crippen MR) is 59.8 cm³/mol. The minimum absolute atomic E-state index is 0.225. The predicted octanol–water partition coefficient (Wildman–Crippen LogP) is 3.95. The van der Waals surface area contributed by atoms with E-state index in [0.29, 0.717) is 11.8 Å². The standard InChI is InChI=1S/C11H13Cl2F/c1-2-11(7-12,8-13)9-3-5-10(14)6-4-9/h3-6H,2,7-8H2,1H3. The molecule has 0 saturated heterocycles. The number of hydrogen-bond donors (Lipinski definition) is 0. The maximum Gasteiger partial charge on any atom is 0.123 e. The third-order valence-electron chi connectivity index (χ3n) is 2.64. The molecule has 0 aliphatic rings. The molecule has 0 unspecified atom stereocenters. The van der Waals surface area contributed by atoms with Crippen LogP contribution in [0.1, 0.15) is 18.9 Å². The lowest BCUT2D eigenvalue weighted by Crippen LogP contribution is -2.29. The number of halogens is 3. The maximum absolute atomic E-state index is 12.7. The van der Waals surface area contributed by atoms with Crippen LogP contribution in [0.15, 0.2) is 24.3 Å². The van der Waals surface area contributed by atoms with E-state index in [1.165, 1.54) is 12.1 Å². The van der Waals surface area contributed by atoms with Crippen molar-refractivity contribution in [3.63, 3.8) is 0 Å². The molecular formula is C11H13Cl2F. The van der Waals surface area contributed by atoms with Crippen LogP contribution in [0.4, 0.5) is 4.39 Å². The summed E-state index contributed by atoms with van der Waals surface area (Å²) in [6.45, 7) is 2.04. The van der Waals surface area contributed by atoms with Crippen molar-refractivity contribution in [1.29, 1.82) is 0 Å². The van der Waals surface area contributed by atoms with Crippen molar-refractivity contribution in [2.45, 2.75) is 18.8 Å². The number of rotatable bonds is 4. The first kappa shape index (κ1) is 11.8. The van der Waals surface area contributed by atoms with E-state index in [9.17, 15) is 4.39 Å². The molecule has 0 heterocycles. The van der Waals surface area contributed by atoms with E-state index in [1.807, 2.05) is 6.92 Å². The number of hydrogen-bond acceptors (Lipinski definition) is 0. The van der Waals surface area contributed by atoms with E-state index in [4.69, 9.17) is 23.2 Å². The minimum atomic E-state index is -0.233.